The molecule has 0 saturated carbocycles. The van der Waals surface area contributed by atoms with E-state index < -0.39 is 11.9 Å². The van der Waals surface area contributed by atoms with E-state index >= 15 is 0 Å². The van der Waals surface area contributed by atoms with Gasteiger partial charge in [0.1, 0.15) is 11.6 Å². The first-order valence-corrected chi connectivity index (χ1v) is 7.11. The fraction of sp³-hybridized carbons (Fsp3) is 0.417. The lowest BCUT2D eigenvalue weighted by molar-refractivity contribution is -0.146. The van der Waals surface area contributed by atoms with Crippen LogP contribution in [0, 0.1) is 5.92 Å². The highest BCUT2D eigenvalue weighted by Gasteiger charge is 2.29. The molecule has 0 aliphatic rings. The Balaban J connectivity index is 3.00. The highest BCUT2D eigenvalue weighted by molar-refractivity contribution is 9.11. The number of aromatic nitrogens is 1. The van der Waals surface area contributed by atoms with Crippen LogP contribution < -0.4 is 0 Å². The molecule has 0 radical (unpaired) electrons. The lowest BCUT2D eigenvalue weighted by atomic mass is 9.98. The number of rotatable bonds is 5. The number of ether oxygens (including phenoxy) is 1. The smallest absolute Gasteiger partial charge is 0.316 e. The Morgan fingerprint density at radius 2 is 2.06 bits per heavy atom. The Morgan fingerprint density at radius 3 is 2.56 bits per heavy atom. The van der Waals surface area contributed by atoms with E-state index in [0.29, 0.717) is 10.9 Å². The Hall–Kier alpha value is -0.750. The first kappa shape index (κ1) is 15.3. The third-order valence-corrected chi connectivity index (χ3v) is 3.38. The molecule has 0 aliphatic carbocycles. The molecule has 1 heterocycles. The van der Waals surface area contributed by atoms with Gasteiger partial charge in [-0.05, 0) is 51.3 Å². The van der Waals surface area contributed by atoms with E-state index in [1.165, 1.54) is 6.20 Å². The summed E-state index contributed by atoms with van der Waals surface area (Å²) in [7, 11) is 0. The third kappa shape index (κ3) is 3.62. The Kier molecular flexibility index (Phi) is 5.95. The minimum Gasteiger partial charge on any atom is -0.465 e. The zero-order chi connectivity index (χ0) is 13.7. The molecule has 1 atom stereocenters. The zero-order valence-electron chi connectivity index (χ0n) is 10.1. The molecule has 0 aromatic carbocycles. The van der Waals surface area contributed by atoms with Crippen molar-refractivity contribution in [1.29, 1.82) is 0 Å². The van der Waals surface area contributed by atoms with Gasteiger partial charge >= 0.3 is 5.97 Å². The number of Topliss-reactive ketones (excluding diaryl/α,β-unsaturated/α-hetero) is 1. The van der Waals surface area contributed by atoms with Crippen LogP contribution in [0.2, 0.25) is 0 Å². The van der Waals surface area contributed by atoms with Crippen LogP contribution in [0.5, 0.6) is 0 Å². The minimum atomic E-state index is -0.796. The predicted molar refractivity (Wildman–Crippen MR) is 74.4 cm³/mol. The number of carbonyl (C=O) groups is 2. The summed E-state index contributed by atoms with van der Waals surface area (Å²) in [5, 5.41) is 0. The van der Waals surface area contributed by atoms with Crippen LogP contribution in [0.3, 0.4) is 0 Å². The average molecular weight is 379 g/mol. The molecule has 1 aromatic rings. The lowest BCUT2D eigenvalue weighted by Crippen LogP contribution is -2.26. The topological polar surface area (TPSA) is 56.3 Å². The quantitative estimate of drug-likeness (QED) is 0.447. The van der Waals surface area contributed by atoms with E-state index in [-0.39, 0.29) is 18.1 Å². The molecule has 0 N–H and O–H groups in total. The molecule has 1 aromatic heterocycles. The van der Waals surface area contributed by atoms with Crippen molar-refractivity contribution in [1.82, 2.24) is 4.98 Å². The standard InChI is InChI=1S/C12H13Br2NO3/c1-3-8(12(17)18-4-2)11(16)10-9(14)5-7(13)6-15-10/h5-6,8H,3-4H2,1-2H3. The number of carbonyl (C=O) groups excluding carboxylic acids is 2. The summed E-state index contributed by atoms with van der Waals surface area (Å²) in [5.41, 5.74) is 0.248. The number of esters is 1. The second-order valence-electron chi connectivity index (χ2n) is 3.56. The number of hydrogen-bond donors (Lipinski definition) is 0. The molecule has 6 heteroatoms. The van der Waals surface area contributed by atoms with Crippen molar-refractivity contribution >= 4 is 43.6 Å². The van der Waals surface area contributed by atoms with Crippen LogP contribution >= 0.6 is 31.9 Å². The maximum atomic E-state index is 12.2. The van der Waals surface area contributed by atoms with Gasteiger partial charge in [-0.1, -0.05) is 6.92 Å². The van der Waals surface area contributed by atoms with E-state index in [1.54, 1.807) is 19.9 Å². The van der Waals surface area contributed by atoms with E-state index in [1.807, 2.05) is 0 Å². The second-order valence-corrected chi connectivity index (χ2v) is 5.33. The van der Waals surface area contributed by atoms with E-state index in [4.69, 9.17) is 4.74 Å². The fourth-order valence-corrected chi connectivity index (χ4v) is 2.65. The van der Waals surface area contributed by atoms with Gasteiger partial charge < -0.3 is 4.74 Å². The summed E-state index contributed by atoms with van der Waals surface area (Å²) in [6, 6.07) is 1.72. The second kappa shape index (κ2) is 6.99. The third-order valence-electron chi connectivity index (χ3n) is 2.34. The van der Waals surface area contributed by atoms with Crippen molar-refractivity contribution in [3.8, 4) is 0 Å². The normalized spacial score (nSPS) is 12.0. The molecule has 0 spiro atoms. The maximum Gasteiger partial charge on any atom is 0.316 e. The van der Waals surface area contributed by atoms with Crippen molar-refractivity contribution in [2.75, 3.05) is 6.61 Å². The van der Waals surface area contributed by atoms with Gasteiger partial charge in [-0.2, -0.15) is 0 Å². The van der Waals surface area contributed by atoms with Crippen LogP contribution in [0.4, 0.5) is 0 Å². The van der Waals surface area contributed by atoms with Gasteiger partial charge in [0, 0.05) is 15.1 Å². The molecule has 1 rings (SSSR count). The number of halogens is 2. The van der Waals surface area contributed by atoms with E-state index in [0.717, 1.165) is 4.47 Å². The number of ketones is 1. The average Bonchev–Trinajstić information content (AvgIpc) is 2.29. The fourth-order valence-electron chi connectivity index (χ4n) is 1.46. The number of hydrogen-bond acceptors (Lipinski definition) is 4. The molecule has 1 unspecified atom stereocenters. The van der Waals surface area contributed by atoms with Gasteiger partial charge in [-0.3, -0.25) is 14.6 Å². The largest absolute Gasteiger partial charge is 0.465 e. The van der Waals surface area contributed by atoms with Crippen molar-refractivity contribution in [3.63, 3.8) is 0 Å². The molecule has 4 nitrogen and oxygen atoms in total. The van der Waals surface area contributed by atoms with E-state index in [9.17, 15) is 9.59 Å². The summed E-state index contributed by atoms with van der Waals surface area (Å²) in [4.78, 5) is 27.9. The van der Waals surface area contributed by atoms with Crippen molar-refractivity contribution < 1.29 is 14.3 Å². The Labute approximate surface area is 122 Å². The van der Waals surface area contributed by atoms with Gasteiger partial charge in [-0.25, -0.2) is 0 Å². The summed E-state index contributed by atoms with van der Waals surface area (Å²) in [6.07, 6.45) is 1.91. The van der Waals surface area contributed by atoms with Gasteiger partial charge in [0.15, 0.2) is 5.78 Å². The maximum absolute atomic E-state index is 12.2. The molecular formula is C12H13Br2NO3. The minimum absolute atomic E-state index is 0.248. The molecule has 0 bridgehead atoms. The highest BCUT2D eigenvalue weighted by atomic mass is 79.9. The first-order chi connectivity index (χ1) is 8.51. The monoisotopic (exact) mass is 377 g/mol. The van der Waals surface area contributed by atoms with Crippen LogP contribution in [0.1, 0.15) is 30.8 Å². The van der Waals surface area contributed by atoms with Crippen LogP contribution in [-0.2, 0) is 9.53 Å². The van der Waals surface area contributed by atoms with Crippen LogP contribution in [-0.4, -0.2) is 23.3 Å². The first-order valence-electron chi connectivity index (χ1n) is 5.53. The summed E-state index contributed by atoms with van der Waals surface area (Å²) in [5.74, 6) is -1.62. The molecule has 18 heavy (non-hydrogen) atoms. The molecule has 98 valence electrons. The van der Waals surface area contributed by atoms with Gasteiger partial charge in [0.05, 0.1) is 6.61 Å². The van der Waals surface area contributed by atoms with Gasteiger partial charge in [-0.15, -0.1) is 0 Å². The molecule has 0 amide bonds. The Bertz CT molecular complexity index is 463. The SMILES string of the molecule is CCOC(=O)C(CC)C(=O)c1ncc(Br)cc1Br. The lowest BCUT2D eigenvalue weighted by Gasteiger charge is -2.12. The predicted octanol–water partition coefficient (Wildman–Crippen LogP) is 3.38. The molecular weight excluding hydrogens is 366 g/mol. The Morgan fingerprint density at radius 1 is 1.39 bits per heavy atom. The highest BCUT2D eigenvalue weighted by Crippen LogP contribution is 2.23. The van der Waals surface area contributed by atoms with Crippen molar-refractivity contribution in [2.24, 2.45) is 5.92 Å². The molecule has 0 saturated heterocycles. The summed E-state index contributed by atoms with van der Waals surface area (Å²) < 4.78 is 6.21. The van der Waals surface area contributed by atoms with Crippen molar-refractivity contribution in [3.05, 3.63) is 26.9 Å². The van der Waals surface area contributed by atoms with Gasteiger partial charge in [0.25, 0.3) is 0 Å². The zero-order valence-corrected chi connectivity index (χ0v) is 13.2. The van der Waals surface area contributed by atoms with Crippen molar-refractivity contribution in [2.45, 2.75) is 20.3 Å². The van der Waals surface area contributed by atoms with Crippen LogP contribution in [0.15, 0.2) is 21.2 Å². The van der Waals surface area contributed by atoms with Gasteiger partial charge in [0.2, 0.25) is 0 Å². The number of nitrogens with zero attached hydrogens (tertiary/aromatic N) is 1. The summed E-state index contributed by atoms with van der Waals surface area (Å²) in [6.45, 7) is 3.74. The molecule has 0 aliphatic heterocycles. The number of pyridine rings is 1. The van der Waals surface area contributed by atoms with Crippen LogP contribution in [0.25, 0.3) is 0 Å². The van der Waals surface area contributed by atoms with E-state index in [2.05, 4.69) is 36.8 Å². The molecule has 0 fully saturated rings. The summed E-state index contributed by atoms with van der Waals surface area (Å²) >= 11 is 6.53.